The summed E-state index contributed by atoms with van der Waals surface area (Å²) in [4.78, 5) is 49.5. The fourth-order valence-corrected chi connectivity index (χ4v) is 10.9. The molecule has 4 aromatic rings. The molecule has 0 bridgehead atoms. The summed E-state index contributed by atoms with van der Waals surface area (Å²) in [5.41, 5.74) is 3.46. The van der Waals surface area contributed by atoms with Crippen LogP contribution in [-0.2, 0) is 16.6 Å². The van der Waals surface area contributed by atoms with Gasteiger partial charge in [0, 0.05) is 19.1 Å². The predicted octanol–water partition coefficient (Wildman–Crippen LogP) is 10.8. The molecule has 0 spiro atoms. The van der Waals surface area contributed by atoms with Crippen molar-refractivity contribution in [3.05, 3.63) is 59.9 Å². The molecular weight excluding hydrogens is 905 g/mol. The lowest BCUT2D eigenvalue weighted by Crippen LogP contribution is -2.37. The van der Waals surface area contributed by atoms with Crippen molar-refractivity contribution in [2.45, 2.75) is 166 Å². The molecule has 4 N–H and O–H groups in total. The second-order valence-corrected chi connectivity index (χ2v) is 19.7. The standard InChI is InChI=1S/C31H45N3O5.C24H33N3O5/c1-38-27-16-11-17-28(39-2)30(27)26-21-25(33-34(26)24-14-9-4-3-5-10-15-24)31(37)32-23(20-29(35)36)19-18-22-12-7-6-8-13-22;1-27-19(23-20(31-2)10-7-11-21(23)32-3)15-18(26-27)24(30)25-17(14-22(28)29)13-12-16-8-5-4-6-9-16/h11,16-17,21-24H,3-10,12-15,18-20H2,1-2H3,(H,32,37)(H,35,36);7,10-11,15-17H,4-6,8-9,12-14H2,1-3H3,(H,25,30)(H,28,29)/t23-;17-/m00/s1. The third-order valence-electron chi connectivity index (χ3n) is 14.7. The number of carbonyl (C=O) groups is 4. The first kappa shape index (κ1) is 54.3. The number of aliphatic carboxylic acids is 2. The third kappa shape index (κ3) is 15.5. The number of methoxy groups -OCH3 is 4. The average molecular weight is 983 g/mol. The maximum Gasteiger partial charge on any atom is 0.305 e. The van der Waals surface area contributed by atoms with Crippen LogP contribution in [0.25, 0.3) is 22.5 Å². The highest BCUT2D eigenvalue weighted by Crippen LogP contribution is 2.42. The van der Waals surface area contributed by atoms with E-state index in [9.17, 15) is 29.4 Å². The number of aromatic nitrogens is 4. The van der Waals surface area contributed by atoms with Crippen molar-refractivity contribution in [3.8, 4) is 45.5 Å². The number of benzene rings is 2. The van der Waals surface area contributed by atoms with Crippen LogP contribution < -0.4 is 29.6 Å². The number of nitrogens with zero attached hydrogens (tertiary/aromatic N) is 4. The SMILES string of the molecule is COc1cccc(OC)c1-c1cc(C(=O)N[C@@H](CCC2CCCCC2)CC(=O)O)nn1C.COc1cccc(OC)c1-c1cc(C(=O)N[C@@H](CCC2CCCCC2)CC(=O)O)nn1C1CCCCCCC1. The van der Waals surface area contributed by atoms with Gasteiger partial charge in [-0.1, -0.05) is 108 Å². The minimum absolute atomic E-state index is 0.0883. The van der Waals surface area contributed by atoms with Crippen molar-refractivity contribution in [2.24, 2.45) is 18.9 Å². The van der Waals surface area contributed by atoms with Crippen LogP contribution in [0.4, 0.5) is 0 Å². The van der Waals surface area contributed by atoms with Crippen molar-refractivity contribution in [1.82, 2.24) is 30.2 Å². The Kier molecular flexibility index (Phi) is 21.0. The van der Waals surface area contributed by atoms with Crippen molar-refractivity contribution < 1.29 is 48.3 Å². The zero-order valence-corrected chi connectivity index (χ0v) is 42.7. The maximum absolute atomic E-state index is 13.6. The molecule has 71 heavy (non-hydrogen) atoms. The van der Waals surface area contributed by atoms with E-state index < -0.39 is 24.0 Å². The minimum Gasteiger partial charge on any atom is -0.496 e. The minimum atomic E-state index is -0.917. The molecule has 0 unspecified atom stereocenters. The Morgan fingerprint density at radius 1 is 0.563 bits per heavy atom. The van der Waals surface area contributed by atoms with Gasteiger partial charge in [0.2, 0.25) is 0 Å². The Hall–Kier alpha value is -6.06. The number of hydrogen-bond acceptors (Lipinski definition) is 10. The molecule has 0 aliphatic heterocycles. The predicted molar refractivity (Wildman–Crippen MR) is 273 cm³/mol. The first-order valence-electron chi connectivity index (χ1n) is 26.0. The van der Waals surface area contributed by atoms with E-state index in [1.165, 1.54) is 83.5 Å². The van der Waals surface area contributed by atoms with E-state index in [1.807, 2.05) is 47.1 Å². The van der Waals surface area contributed by atoms with Gasteiger partial charge in [0.15, 0.2) is 11.4 Å². The van der Waals surface area contributed by atoms with Gasteiger partial charge in [-0.25, -0.2) is 0 Å². The summed E-state index contributed by atoms with van der Waals surface area (Å²) < 4.78 is 26.0. The molecule has 2 atom stereocenters. The fourth-order valence-electron chi connectivity index (χ4n) is 10.9. The molecule has 0 saturated heterocycles. The Morgan fingerprint density at radius 3 is 1.35 bits per heavy atom. The molecule has 3 aliphatic carbocycles. The third-order valence-corrected chi connectivity index (χ3v) is 14.7. The van der Waals surface area contributed by atoms with Crippen LogP contribution in [0.3, 0.4) is 0 Å². The Balaban J connectivity index is 0.000000237. The molecular formula is C55H78N6O10. The highest BCUT2D eigenvalue weighted by molar-refractivity contribution is 5.95. The van der Waals surface area contributed by atoms with Gasteiger partial charge < -0.3 is 39.8 Å². The van der Waals surface area contributed by atoms with E-state index in [4.69, 9.17) is 24.0 Å². The molecule has 2 amide bonds. The topological polar surface area (TPSA) is 205 Å². The van der Waals surface area contributed by atoms with Gasteiger partial charge in [0.25, 0.3) is 11.8 Å². The highest BCUT2D eigenvalue weighted by atomic mass is 16.5. The molecule has 0 radical (unpaired) electrons. The molecule has 3 fully saturated rings. The first-order valence-corrected chi connectivity index (χ1v) is 26.0. The van der Waals surface area contributed by atoms with E-state index in [-0.39, 0.29) is 36.4 Å². The van der Waals surface area contributed by atoms with Gasteiger partial charge in [0.05, 0.1) is 69.8 Å². The maximum atomic E-state index is 13.6. The number of nitrogens with one attached hydrogen (secondary N) is 2. The number of hydrogen-bond donors (Lipinski definition) is 4. The second-order valence-electron chi connectivity index (χ2n) is 19.7. The van der Waals surface area contributed by atoms with Gasteiger partial charge in [0.1, 0.15) is 23.0 Å². The molecule has 16 nitrogen and oxygen atoms in total. The smallest absolute Gasteiger partial charge is 0.305 e. The van der Waals surface area contributed by atoms with Crippen LogP contribution in [0.15, 0.2) is 48.5 Å². The molecule has 388 valence electrons. The number of carboxylic acid groups (broad SMARTS) is 2. The lowest BCUT2D eigenvalue weighted by Gasteiger charge is -2.24. The first-order chi connectivity index (χ1) is 34.4. The number of aryl methyl sites for hydroxylation is 1. The summed E-state index contributed by atoms with van der Waals surface area (Å²) in [6, 6.07) is 13.9. The van der Waals surface area contributed by atoms with Crippen LogP contribution in [-0.4, -0.2) is 94.0 Å². The molecule has 7 rings (SSSR count). The normalized spacial score (nSPS) is 16.8. The highest BCUT2D eigenvalue weighted by Gasteiger charge is 2.29. The van der Waals surface area contributed by atoms with Crippen LogP contribution in [0.5, 0.6) is 23.0 Å². The van der Waals surface area contributed by atoms with Crippen molar-refractivity contribution >= 4 is 23.8 Å². The van der Waals surface area contributed by atoms with E-state index in [0.29, 0.717) is 64.6 Å². The zero-order valence-electron chi connectivity index (χ0n) is 42.7. The molecule has 2 aromatic carbocycles. The van der Waals surface area contributed by atoms with Crippen LogP contribution >= 0.6 is 0 Å². The van der Waals surface area contributed by atoms with Gasteiger partial charge in [-0.2, -0.15) is 10.2 Å². The van der Waals surface area contributed by atoms with E-state index in [2.05, 4.69) is 15.7 Å². The summed E-state index contributed by atoms with van der Waals surface area (Å²) in [6.45, 7) is 0. The van der Waals surface area contributed by atoms with Crippen molar-refractivity contribution in [1.29, 1.82) is 0 Å². The fraction of sp³-hybridized carbons (Fsp3) is 0.600. The van der Waals surface area contributed by atoms with Gasteiger partial charge >= 0.3 is 11.9 Å². The largest absolute Gasteiger partial charge is 0.496 e. The molecule has 2 heterocycles. The summed E-state index contributed by atoms with van der Waals surface area (Å²) in [5, 5.41) is 34.0. The van der Waals surface area contributed by atoms with Gasteiger partial charge in [-0.3, -0.25) is 28.5 Å². The summed E-state index contributed by atoms with van der Waals surface area (Å²) >= 11 is 0. The zero-order chi connectivity index (χ0) is 50.7. The number of ether oxygens (including phenoxy) is 4. The second kappa shape index (κ2) is 27.5. The van der Waals surface area contributed by atoms with E-state index in [1.54, 1.807) is 46.2 Å². The number of amides is 2. The number of rotatable bonds is 21. The molecule has 3 aliphatic rings. The lowest BCUT2D eigenvalue weighted by atomic mass is 9.85. The van der Waals surface area contributed by atoms with E-state index >= 15 is 0 Å². The van der Waals surface area contributed by atoms with Gasteiger partial charge in [-0.15, -0.1) is 0 Å². The van der Waals surface area contributed by atoms with Crippen LogP contribution in [0.1, 0.15) is 175 Å². The molecule has 3 saturated carbocycles. The Morgan fingerprint density at radius 2 is 0.930 bits per heavy atom. The summed E-state index contributed by atoms with van der Waals surface area (Å²) in [5.74, 6) is 1.25. The Labute approximate surface area is 419 Å². The lowest BCUT2D eigenvalue weighted by molar-refractivity contribution is -0.138. The number of carbonyl (C=O) groups excluding carboxylic acids is 2. The average Bonchev–Trinajstić information content (AvgIpc) is 3.98. The number of carboxylic acids is 2. The van der Waals surface area contributed by atoms with Crippen LogP contribution in [0.2, 0.25) is 0 Å². The molecule has 2 aromatic heterocycles. The van der Waals surface area contributed by atoms with Gasteiger partial charge in [-0.05, 0) is 86.8 Å². The quantitative estimate of drug-likeness (QED) is 0.0615. The van der Waals surface area contributed by atoms with Crippen molar-refractivity contribution in [3.63, 3.8) is 0 Å². The Bertz CT molecular complexity index is 2300. The van der Waals surface area contributed by atoms with Crippen LogP contribution in [0, 0.1) is 11.8 Å². The molecule has 16 heteroatoms. The summed E-state index contributed by atoms with van der Waals surface area (Å²) in [6.07, 6.45) is 23.2. The summed E-state index contributed by atoms with van der Waals surface area (Å²) in [7, 11) is 8.16. The van der Waals surface area contributed by atoms with Crippen molar-refractivity contribution in [2.75, 3.05) is 28.4 Å². The monoisotopic (exact) mass is 983 g/mol. The van der Waals surface area contributed by atoms with E-state index in [0.717, 1.165) is 49.8 Å².